The molecule has 0 unspecified atom stereocenters. The van der Waals surface area contributed by atoms with Gasteiger partial charge in [0.2, 0.25) is 0 Å². The van der Waals surface area contributed by atoms with E-state index in [0.717, 1.165) is 11.1 Å². The first-order valence-corrected chi connectivity index (χ1v) is 7.98. The quantitative estimate of drug-likeness (QED) is 0.876. The number of benzene rings is 1. The zero-order chi connectivity index (χ0) is 17.8. The predicted molar refractivity (Wildman–Crippen MR) is 91.4 cm³/mol. The van der Waals surface area contributed by atoms with Crippen molar-refractivity contribution in [3.05, 3.63) is 71.0 Å². The molecule has 0 aliphatic carbocycles. The molecule has 0 spiro atoms. The van der Waals surface area contributed by atoms with Crippen molar-refractivity contribution < 1.29 is 19.0 Å². The van der Waals surface area contributed by atoms with E-state index >= 15 is 0 Å². The van der Waals surface area contributed by atoms with Crippen LogP contribution in [0.25, 0.3) is 5.57 Å². The van der Waals surface area contributed by atoms with Gasteiger partial charge >= 0.3 is 0 Å². The second kappa shape index (κ2) is 7.44. The fraction of sp³-hybridized carbons (Fsp3) is 0.263. The molecule has 0 atom stereocenters. The maximum absolute atomic E-state index is 12.9. The lowest BCUT2D eigenvalue weighted by atomic mass is 10.1. The summed E-state index contributed by atoms with van der Waals surface area (Å²) in [6.07, 6.45) is 2.35. The molecule has 0 radical (unpaired) electrons. The standard InChI is InChI=1S/C19H19FN2O3/c1-25-9-8-22-12-16(18(23)19(22)24)17-7-4-14(11-21-17)10-13-2-5-15(20)6-3-13/h2-7,11,23H,8-10,12H2,1H3. The zero-order valence-corrected chi connectivity index (χ0v) is 13.9. The largest absolute Gasteiger partial charge is 0.503 e. The smallest absolute Gasteiger partial charge is 0.289 e. The molecule has 6 heteroatoms. The van der Waals surface area contributed by atoms with Gasteiger partial charge in [-0.05, 0) is 35.7 Å². The predicted octanol–water partition coefficient (Wildman–Crippen LogP) is 2.57. The normalized spacial score (nSPS) is 14.5. The van der Waals surface area contributed by atoms with Crippen molar-refractivity contribution in [2.24, 2.45) is 0 Å². The summed E-state index contributed by atoms with van der Waals surface area (Å²) in [7, 11) is 1.57. The van der Waals surface area contributed by atoms with E-state index in [-0.39, 0.29) is 11.6 Å². The molecule has 1 amide bonds. The van der Waals surface area contributed by atoms with Crippen LogP contribution in [0.2, 0.25) is 0 Å². The van der Waals surface area contributed by atoms with E-state index in [9.17, 15) is 14.3 Å². The van der Waals surface area contributed by atoms with Crippen molar-refractivity contribution in [2.75, 3.05) is 26.8 Å². The van der Waals surface area contributed by atoms with E-state index in [0.29, 0.717) is 37.4 Å². The van der Waals surface area contributed by atoms with Crippen LogP contribution in [0.1, 0.15) is 16.8 Å². The Morgan fingerprint density at radius 1 is 1.20 bits per heavy atom. The number of ether oxygens (including phenoxy) is 1. The van der Waals surface area contributed by atoms with Gasteiger partial charge in [0.1, 0.15) is 5.82 Å². The number of rotatable bonds is 6. The molecule has 2 heterocycles. The molecular weight excluding hydrogens is 323 g/mol. The molecule has 1 aromatic heterocycles. The summed E-state index contributed by atoms with van der Waals surface area (Å²) in [5.41, 5.74) is 3.05. The van der Waals surface area contributed by atoms with Gasteiger partial charge in [-0.25, -0.2) is 4.39 Å². The number of carbonyl (C=O) groups is 1. The van der Waals surface area contributed by atoms with Crippen LogP contribution in [0.15, 0.2) is 48.4 Å². The van der Waals surface area contributed by atoms with Crippen LogP contribution in [0.3, 0.4) is 0 Å². The van der Waals surface area contributed by atoms with Gasteiger partial charge < -0.3 is 14.7 Å². The minimum absolute atomic E-state index is 0.255. The highest BCUT2D eigenvalue weighted by atomic mass is 19.1. The maximum atomic E-state index is 12.9. The SMILES string of the molecule is COCCN1CC(c2ccc(Cc3ccc(F)cc3)cn2)=C(O)C1=O. The van der Waals surface area contributed by atoms with Crippen molar-refractivity contribution >= 4 is 11.5 Å². The van der Waals surface area contributed by atoms with Crippen molar-refractivity contribution in [1.82, 2.24) is 9.88 Å². The molecule has 0 fully saturated rings. The molecule has 1 aliphatic rings. The Morgan fingerprint density at radius 3 is 2.56 bits per heavy atom. The summed E-state index contributed by atoms with van der Waals surface area (Å²) < 4.78 is 17.9. The topological polar surface area (TPSA) is 62.7 Å². The van der Waals surface area contributed by atoms with Gasteiger partial charge in [0.25, 0.3) is 5.91 Å². The van der Waals surface area contributed by atoms with Gasteiger partial charge in [-0.15, -0.1) is 0 Å². The molecule has 0 bridgehead atoms. The number of amides is 1. The number of methoxy groups -OCH3 is 1. The lowest BCUT2D eigenvalue weighted by Crippen LogP contribution is -2.30. The number of aliphatic hydroxyl groups excluding tert-OH is 1. The minimum Gasteiger partial charge on any atom is -0.503 e. The number of aromatic nitrogens is 1. The van der Waals surface area contributed by atoms with Crippen LogP contribution in [-0.4, -0.2) is 47.7 Å². The average Bonchev–Trinajstić information content (AvgIpc) is 2.91. The van der Waals surface area contributed by atoms with Crippen molar-refractivity contribution in [3.63, 3.8) is 0 Å². The van der Waals surface area contributed by atoms with Gasteiger partial charge in [0.05, 0.1) is 18.8 Å². The Hall–Kier alpha value is -2.73. The Labute approximate surface area is 145 Å². The Kier molecular flexibility index (Phi) is 5.09. The molecule has 3 rings (SSSR count). The number of halogens is 1. The highest BCUT2D eigenvalue weighted by Crippen LogP contribution is 2.25. The highest BCUT2D eigenvalue weighted by molar-refractivity contribution is 6.03. The summed E-state index contributed by atoms with van der Waals surface area (Å²) in [5.74, 6) is -0.914. The third kappa shape index (κ3) is 3.85. The van der Waals surface area contributed by atoms with Crippen molar-refractivity contribution in [2.45, 2.75) is 6.42 Å². The lowest BCUT2D eigenvalue weighted by molar-refractivity contribution is -0.128. The van der Waals surface area contributed by atoms with E-state index in [1.165, 1.54) is 17.0 Å². The summed E-state index contributed by atoms with van der Waals surface area (Å²) in [6, 6.07) is 10.0. The van der Waals surface area contributed by atoms with Gasteiger partial charge in [-0.3, -0.25) is 9.78 Å². The Morgan fingerprint density at radius 2 is 1.92 bits per heavy atom. The summed E-state index contributed by atoms with van der Waals surface area (Å²) >= 11 is 0. The highest BCUT2D eigenvalue weighted by Gasteiger charge is 2.31. The van der Waals surface area contributed by atoms with E-state index in [4.69, 9.17) is 4.74 Å². The molecule has 1 N–H and O–H groups in total. The van der Waals surface area contributed by atoms with Gasteiger partial charge in [-0.1, -0.05) is 18.2 Å². The molecule has 5 nitrogen and oxygen atoms in total. The Balaban J connectivity index is 1.71. The first kappa shape index (κ1) is 17.1. The van der Waals surface area contributed by atoms with Crippen LogP contribution >= 0.6 is 0 Å². The molecule has 25 heavy (non-hydrogen) atoms. The second-order valence-electron chi connectivity index (χ2n) is 5.90. The number of hydrogen-bond acceptors (Lipinski definition) is 4. The van der Waals surface area contributed by atoms with E-state index in [2.05, 4.69) is 4.98 Å². The van der Waals surface area contributed by atoms with Crippen molar-refractivity contribution in [3.8, 4) is 0 Å². The third-order valence-corrected chi connectivity index (χ3v) is 4.15. The van der Waals surface area contributed by atoms with E-state index in [1.807, 2.05) is 6.07 Å². The lowest BCUT2D eigenvalue weighted by Gasteiger charge is -2.15. The fourth-order valence-electron chi connectivity index (χ4n) is 2.75. The number of hydrogen-bond donors (Lipinski definition) is 1. The molecule has 2 aromatic rings. The number of pyridine rings is 1. The number of nitrogens with zero attached hydrogens (tertiary/aromatic N) is 2. The first-order chi connectivity index (χ1) is 12.1. The van der Waals surface area contributed by atoms with E-state index in [1.54, 1.807) is 31.5 Å². The average molecular weight is 342 g/mol. The first-order valence-electron chi connectivity index (χ1n) is 7.98. The van der Waals surface area contributed by atoms with Gasteiger partial charge in [-0.2, -0.15) is 0 Å². The zero-order valence-electron chi connectivity index (χ0n) is 13.9. The van der Waals surface area contributed by atoms with Crippen molar-refractivity contribution in [1.29, 1.82) is 0 Å². The Bertz CT molecular complexity index is 785. The minimum atomic E-state index is -0.399. The second-order valence-corrected chi connectivity index (χ2v) is 5.90. The molecular formula is C19H19FN2O3. The van der Waals surface area contributed by atoms with Crippen LogP contribution in [0.5, 0.6) is 0 Å². The monoisotopic (exact) mass is 342 g/mol. The molecule has 130 valence electrons. The van der Waals surface area contributed by atoms with Crippen LogP contribution in [-0.2, 0) is 16.0 Å². The summed E-state index contributed by atoms with van der Waals surface area (Å²) in [5, 5.41) is 10.1. The summed E-state index contributed by atoms with van der Waals surface area (Å²) in [6.45, 7) is 1.15. The number of carbonyl (C=O) groups excluding carboxylic acids is 1. The number of aliphatic hydroxyl groups is 1. The molecule has 0 saturated heterocycles. The van der Waals surface area contributed by atoms with Crippen LogP contribution in [0.4, 0.5) is 4.39 Å². The van der Waals surface area contributed by atoms with E-state index < -0.39 is 5.91 Å². The summed E-state index contributed by atoms with van der Waals surface area (Å²) in [4.78, 5) is 17.9. The molecule has 1 aromatic carbocycles. The van der Waals surface area contributed by atoms with Crippen LogP contribution < -0.4 is 0 Å². The molecule has 1 aliphatic heterocycles. The fourth-order valence-corrected chi connectivity index (χ4v) is 2.75. The third-order valence-electron chi connectivity index (χ3n) is 4.15. The maximum Gasteiger partial charge on any atom is 0.289 e. The molecule has 0 saturated carbocycles. The van der Waals surface area contributed by atoms with Crippen LogP contribution in [0, 0.1) is 5.82 Å². The van der Waals surface area contributed by atoms with Gasteiger partial charge in [0, 0.05) is 25.4 Å². The van der Waals surface area contributed by atoms with Gasteiger partial charge in [0.15, 0.2) is 5.76 Å².